The molecular weight excluding hydrogens is 536 g/mol. The summed E-state index contributed by atoms with van der Waals surface area (Å²) in [5.74, 6) is 0.600. The Morgan fingerprint density at radius 3 is 2.72 bits per heavy atom. The third-order valence-electron chi connectivity index (χ3n) is 11.5. The first-order chi connectivity index (χ1) is 21.0. The van der Waals surface area contributed by atoms with E-state index in [-0.39, 0.29) is 23.8 Å². The van der Waals surface area contributed by atoms with Crippen LogP contribution in [-0.2, 0) is 4.79 Å². The number of rotatable bonds is 1. The molecule has 1 unspecified atom stereocenters. The third-order valence-corrected chi connectivity index (χ3v) is 11.5. The fourth-order valence-corrected chi connectivity index (χ4v) is 9.72. The number of hydrogen-bond acceptors (Lipinski definition) is 6. The largest absolute Gasteiger partial charge is 0.508 e. The number of Topliss-reactive ketones (excluding diaryl/α,β-unsaturated/α-hetero) is 1. The number of aromatic hydroxyl groups is 1. The number of aliphatic hydroxyl groups is 1. The van der Waals surface area contributed by atoms with Crippen molar-refractivity contribution in [3.8, 4) is 5.75 Å². The molecule has 0 radical (unpaired) electrons. The van der Waals surface area contributed by atoms with Gasteiger partial charge in [0.1, 0.15) is 11.4 Å². The number of nitrogens with one attached hydrogen (secondary N) is 1. The number of ketones is 1. The van der Waals surface area contributed by atoms with Crippen LogP contribution in [0.15, 0.2) is 48.7 Å². The van der Waals surface area contributed by atoms with Gasteiger partial charge in [-0.1, -0.05) is 31.4 Å². The van der Waals surface area contributed by atoms with Crippen molar-refractivity contribution in [2.75, 3.05) is 26.2 Å². The molecule has 4 aliphatic heterocycles. The van der Waals surface area contributed by atoms with Crippen molar-refractivity contribution in [2.45, 2.75) is 88.3 Å². The number of aromatic nitrogens is 2. The zero-order valence-electron chi connectivity index (χ0n) is 25.1. The first kappa shape index (κ1) is 27.5. The molecule has 6 heterocycles. The van der Waals surface area contributed by atoms with Crippen LogP contribution in [0.4, 0.5) is 0 Å². The SMILES string of the molecule is O=C1[C@@H]2CCCCCCN2[C@@H]2[C@]13CN1CCCC/C=C\CC[C@]2(O)C=C(c2nccc4c2[nH]c2ccc(O)cc24)[C@@H]3CC1. The van der Waals surface area contributed by atoms with Crippen LogP contribution in [0.25, 0.3) is 27.4 Å². The molecule has 3 fully saturated rings. The van der Waals surface area contributed by atoms with Gasteiger partial charge in [-0.3, -0.25) is 14.7 Å². The minimum atomic E-state index is -1.15. The molecule has 226 valence electrons. The number of carbonyl (C=O) groups is 1. The topological polar surface area (TPSA) is 92.7 Å². The van der Waals surface area contributed by atoms with Crippen molar-refractivity contribution in [2.24, 2.45) is 11.3 Å². The number of H-pyrrole nitrogens is 1. The van der Waals surface area contributed by atoms with Gasteiger partial charge >= 0.3 is 0 Å². The molecule has 43 heavy (non-hydrogen) atoms. The Morgan fingerprint density at radius 1 is 0.930 bits per heavy atom. The van der Waals surface area contributed by atoms with Gasteiger partial charge in [0, 0.05) is 34.9 Å². The Bertz CT molecular complexity index is 1630. The summed E-state index contributed by atoms with van der Waals surface area (Å²) >= 11 is 0. The lowest BCUT2D eigenvalue weighted by Crippen LogP contribution is -2.67. The van der Waals surface area contributed by atoms with Gasteiger partial charge in [-0.05, 0) is 107 Å². The van der Waals surface area contributed by atoms with Gasteiger partial charge in [-0.15, -0.1) is 0 Å². The van der Waals surface area contributed by atoms with Crippen molar-refractivity contribution in [3.63, 3.8) is 0 Å². The van der Waals surface area contributed by atoms with Gasteiger partial charge < -0.3 is 20.1 Å². The monoisotopic (exact) mass is 580 g/mol. The highest BCUT2D eigenvalue weighted by Gasteiger charge is 2.70. The van der Waals surface area contributed by atoms with E-state index in [1.807, 2.05) is 18.3 Å². The maximum atomic E-state index is 15.1. The van der Waals surface area contributed by atoms with Crippen molar-refractivity contribution >= 4 is 33.2 Å². The Kier molecular flexibility index (Phi) is 6.77. The Hall–Kier alpha value is -3.00. The summed E-state index contributed by atoms with van der Waals surface area (Å²) in [5, 5.41) is 25.3. The maximum Gasteiger partial charge on any atom is 0.159 e. The van der Waals surface area contributed by atoms with Crippen molar-refractivity contribution < 1.29 is 15.0 Å². The van der Waals surface area contributed by atoms with Crippen molar-refractivity contribution in [1.29, 1.82) is 0 Å². The number of nitrogens with zero attached hydrogens (tertiary/aromatic N) is 3. The molecule has 3 N–H and O–H groups in total. The van der Waals surface area contributed by atoms with Crippen LogP contribution in [0.3, 0.4) is 0 Å². The molecule has 8 rings (SSSR count). The predicted molar refractivity (Wildman–Crippen MR) is 170 cm³/mol. The predicted octanol–water partition coefficient (Wildman–Crippen LogP) is 5.96. The van der Waals surface area contributed by atoms with Gasteiger partial charge in [-0.25, -0.2) is 0 Å². The second-order valence-corrected chi connectivity index (χ2v) is 13.9. The third kappa shape index (κ3) is 4.26. The van der Waals surface area contributed by atoms with E-state index in [1.165, 1.54) is 12.8 Å². The molecule has 7 heteroatoms. The Labute approximate surface area is 253 Å². The van der Waals surface area contributed by atoms with E-state index in [1.54, 1.807) is 12.1 Å². The standard InChI is InChI=1S/C36H44N4O3/c41-24-12-13-29-26(21-24)25-14-17-37-31(32(25)38-29)27-22-35(43)16-8-4-1-2-5-9-18-39-20-15-28(27)36(23-39)33(42)30-11-7-3-6-10-19-40(30)34(35)36/h1,4,12-14,17,21-22,28,30,34,38,41,43H,2-3,5-11,15-16,18-20,23H2/b4-1-/t28-,30-,34-,35-,36-/m0/s1. The molecule has 1 aliphatic carbocycles. The minimum Gasteiger partial charge on any atom is -0.508 e. The number of hydrogen-bond donors (Lipinski definition) is 3. The zero-order chi connectivity index (χ0) is 29.2. The van der Waals surface area contributed by atoms with E-state index in [9.17, 15) is 10.2 Å². The maximum absolute atomic E-state index is 15.1. The van der Waals surface area contributed by atoms with Gasteiger partial charge in [0.15, 0.2) is 5.78 Å². The Balaban J connectivity index is 1.36. The molecule has 3 aromatic rings. The van der Waals surface area contributed by atoms with E-state index < -0.39 is 11.0 Å². The average Bonchev–Trinajstić information content (AvgIpc) is 3.46. The van der Waals surface area contributed by atoms with E-state index in [0.717, 1.165) is 111 Å². The highest BCUT2D eigenvalue weighted by atomic mass is 16.3. The van der Waals surface area contributed by atoms with Gasteiger partial charge in [0.05, 0.1) is 28.7 Å². The van der Waals surface area contributed by atoms with Gasteiger partial charge in [0.2, 0.25) is 0 Å². The average molecular weight is 581 g/mol. The molecule has 1 spiro atoms. The summed E-state index contributed by atoms with van der Waals surface area (Å²) in [6.45, 7) is 3.57. The number of piperidine rings is 1. The molecule has 5 aliphatic rings. The van der Waals surface area contributed by atoms with Crippen LogP contribution in [0.1, 0.15) is 76.3 Å². The lowest BCUT2D eigenvalue weighted by Gasteiger charge is -2.57. The molecule has 3 bridgehead atoms. The van der Waals surface area contributed by atoms with E-state index in [4.69, 9.17) is 4.98 Å². The number of fused-ring (bicyclic) bond motifs is 5. The van der Waals surface area contributed by atoms with Crippen molar-refractivity contribution in [3.05, 3.63) is 54.4 Å². The Morgan fingerprint density at radius 2 is 1.79 bits per heavy atom. The quantitative estimate of drug-likeness (QED) is 0.308. The van der Waals surface area contributed by atoms with E-state index in [2.05, 4.69) is 33.0 Å². The summed E-state index contributed by atoms with van der Waals surface area (Å²) in [6, 6.07) is 7.08. The molecule has 6 atom stereocenters. The molecule has 2 aromatic heterocycles. The van der Waals surface area contributed by atoms with Gasteiger partial charge in [0.25, 0.3) is 0 Å². The number of carbonyl (C=O) groups excluding carboxylic acids is 1. The number of phenolic OH excluding ortho intramolecular Hbond substituents is 1. The van der Waals surface area contributed by atoms with E-state index >= 15 is 4.79 Å². The number of benzene rings is 1. The molecule has 1 aromatic carbocycles. The fourth-order valence-electron chi connectivity index (χ4n) is 9.72. The summed E-state index contributed by atoms with van der Waals surface area (Å²) < 4.78 is 0. The summed E-state index contributed by atoms with van der Waals surface area (Å²) in [7, 11) is 0. The lowest BCUT2D eigenvalue weighted by atomic mass is 9.54. The lowest BCUT2D eigenvalue weighted by molar-refractivity contribution is -0.139. The number of pyridine rings is 1. The number of aromatic amines is 1. The summed E-state index contributed by atoms with van der Waals surface area (Å²) in [6.07, 6.45) is 19.6. The normalized spacial score (nSPS) is 36.1. The zero-order valence-corrected chi connectivity index (χ0v) is 25.1. The number of phenols is 1. The first-order valence-electron chi connectivity index (χ1n) is 16.7. The highest BCUT2D eigenvalue weighted by Crippen LogP contribution is 2.60. The fraction of sp³-hybridized carbons (Fsp3) is 0.556. The van der Waals surface area contributed by atoms with Crippen LogP contribution < -0.4 is 0 Å². The van der Waals surface area contributed by atoms with Gasteiger partial charge in [-0.2, -0.15) is 0 Å². The van der Waals surface area contributed by atoms with Crippen LogP contribution in [0.2, 0.25) is 0 Å². The second-order valence-electron chi connectivity index (χ2n) is 13.9. The van der Waals surface area contributed by atoms with E-state index in [0.29, 0.717) is 12.2 Å². The van der Waals surface area contributed by atoms with Crippen LogP contribution >= 0.6 is 0 Å². The van der Waals surface area contributed by atoms with Crippen LogP contribution in [0, 0.1) is 11.3 Å². The summed E-state index contributed by atoms with van der Waals surface area (Å²) in [5.41, 5.74) is 1.92. The molecule has 3 saturated heterocycles. The smallest absolute Gasteiger partial charge is 0.159 e. The second kappa shape index (κ2) is 10.6. The summed E-state index contributed by atoms with van der Waals surface area (Å²) in [4.78, 5) is 28.8. The number of allylic oxidation sites excluding steroid dienone is 3. The first-order valence-corrected chi connectivity index (χ1v) is 16.7. The molecular formula is C36H44N4O3. The highest BCUT2D eigenvalue weighted by molar-refractivity contribution is 6.10. The minimum absolute atomic E-state index is 0.00615. The molecule has 0 saturated carbocycles. The van der Waals surface area contributed by atoms with Crippen LogP contribution in [-0.4, -0.2) is 79.6 Å². The molecule has 7 nitrogen and oxygen atoms in total. The van der Waals surface area contributed by atoms with Crippen molar-refractivity contribution in [1.82, 2.24) is 19.8 Å². The molecule has 0 amide bonds. The van der Waals surface area contributed by atoms with Crippen LogP contribution in [0.5, 0.6) is 5.75 Å².